The lowest BCUT2D eigenvalue weighted by Crippen LogP contribution is -2.12. The van der Waals surface area contributed by atoms with E-state index in [0.29, 0.717) is 18.0 Å². The van der Waals surface area contributed by atoms with E-state index in [4.69, 9.17) is 22.7 Å². The Labute approximate surface area is 108 Å². The van der Waals surface area contributed by atoms with E-state index in [-0.39, 0.29) is 6.10 Å². The molecule has 0 saturated heterocycles. The van der Waals surface area contributed by atoms with E-state index < -0.39 is 0 Å². The van der Waals surface area contributed by atoms with Crippen LogP contribution in [0.5, 0.6) is 5.75 Å². The fourth-order valence-electron chi connectivity index (χ4n) is 1.65. The van der Waals surface area contributed by atoms with E-state index in [0.717, 1.165) is 22.4 Å². The summed E-state index contributed by atoms with van der Waals surface area (Å²) in [6, 6.07) is 3.85. The molecule has 1 rings (SSSR count). The van der Waals surface area contributed by atoms with E-state index >= 15 is 0 Å². The number of aliphatic hydroxyl groups excluding tert-OH is 1. The van der Waals surface area contributed by atoms with E-state index in [1.54, 1.807) is 6.92 Å². The summed E-state index contributed by atoms with van der Waals surface area (Å²) in [7, 11) is 0. The molecule has 3 N–H and O–H groups in total. The minimum absolute atomic E-state index is 0.341. The van der Waals surface area contributed by atoms with Crippen molar-refractivity contribution in [2.75, 3.05) is 6.61 Å². The van der Waals surface area contributed by atoms with Crippen LogP contribution in [0.4, 0.5) is 0 Å². The molecule has 1 aromatic rings. The first-order chi connectivity index (χ1) is 7.91. The lowest BCUT2D eigenvalue weighted by molar-refractivity contribution is 0.155. The van der Waals surface area contributed by atoms with E-state index in [9.17, 15) is 5.11 Å². The van der Waals surface area contributed by atoms with E-state index in [1.165, 1.54) is 0 Å². The zero-order valence-electron chi connectivity index (χ0n) is 10.5. The highest BCUT2D eigenvalue weighted by atomic mass is 32.1. The number of nitrogens with two attached hydrogens (primary N) is 1. The Bertz CT molecular complexity index is 393. The van der Waals surface area contributed by atoms with Gasteiger partial charge in [-0.15, -0.1) is 0 Å². The number of benzene rings is 1. The SMILES string of the molecule is Cc1cc(C(N)=S)cc(C)c1OCCC(C)O. The van der Waals surface area contributed by atoms with Gasteiger partial charge in [-0.2, -0.15) is 0 Å². The summed E-state index contributed by atoms with van der Waals surface area (Å²) in [5.41, 5.74) is 8.48. The predicted molar refractivity (Wildman–Crippen MR) is 73.6 cm³/mol. The molecule has 0 spiro atoms. The quantitative estimate of drug-likeness (QED) is 0.789. The Morgan fingerprint density at radius 1 is 1.41 bits per heavy atom. The predicted octanol–water partition coefficient (Wildman–Crippen LogP) is 2.09. The fourth-order valence-corrected chi connectivity index (χ4v) is 1.77. The van der Waals surface area contributed by atoms with Gasteiger partial charge in [0.2, 0.25) is 0 Å². The lowest BCUT2D eigenvalue weighted by Gasteiger charge is -2.14. The fraction of sp³-hybridized carbons (Fsp3) is 0.462. The molecular weight excluding hydrogens is 234 g/mol. The van der Waals surface area contributed by atoms with Crippen LogP contribution in [0.15, 0.2) is 12.1 Å². The average molecular weight is 253 g/mol. The maximum absolute atomic E-state index is 9.17. The molecule has 4 heteroatoms. The molecule has 1 atom stereocenters. The van der Waals surface area contributed by atoms with Gasteiger partial charge >= 0.3 is 0 Å². The smallest absolute Gasteiger partial charge is 0.125 e. The van der Waals surface area contributed by atoms with Gasteiger partial charge in [0.1, 0.15) is 10.7 Å². The van der Waals surface area contributed by atoms with E-state index in [2.05, 4.69) is 0 Å². The summed E-state index contributed by atoms with van der Waals surface area (Å²) < 4.78 is 5.67. The highest BCUT2D eigenvalue weighted by Crippen LogP contribution is 2.25. The number of ether oxygens (including phenoxy) is 1. The van der Waals surface area contributed by atoms with Crippen LogP contribution in [0.1, 0.15) is 30.0 Å². The molecule has 0 bridgehead atoms. The van der Waals surface area contributed by atoms with Crippen molar-refractivity contribution in [2.24, 2.45) is 5.73 Å². The third-order valence-electron chi connectivity index (χ3n) is 2.53. The summed E-state index contributed by atoms with van der Waals surface area (Å²) >= 11 is 4.95. The number of hydrogen-bond acceptors (Lipinski definition) is 3. The molecule has 1 unspecified atom stereocenters. The van der Waals surface area contributed by atoms with Crippen molar-refractivity contribution in [3.05, 3.63) is 28.8 Å². The second-order valence-electron chi connectivity index (χ2n) is 4.29. The summed E-state index contributed by atoms with van der Waals surface area (Å²) in [6.45, 7) is 6.18. The van der Waals surface area contributed by atoms with Crippen LogP contribution in [-0.4, -0.2) is 22.8 Å². The zero-order chi connectivity index (χ0) is 13.0. The second kappa shape index (κ2) is 5.98. The molecule has 0 fully saturated rings. The monoisotopic (exact) mass is 253 g/mol. The van der Waals surface area contributed by atoms with Crippen LogP contribution < -0.4 is 10.5 Å². The molecule has 0 heterocycles. The van der Waals surface area contributed by atoms with Crippen LogP contribution in [0, 0.1) is 13.8 Å². The van der Waals surface area contributed by atoms with Crippen molar-refractivity contribution in [1.82, 2.24) is 0 Å². The Balaban J connectivity index is 2.83. The number of hydrogen-bond donors (Lipinski definition) is 2. The highest BCUT2D eigenvalue weighted by Gasteiger charge is 2.08. The van der Waals surface area contributed by atoms with Crippen molar-refractivity contribution in [2.45, 2.75) is 33.3 Å². The Kier molecular flexibility index (Phi) is 4.90. The maximum atomic E-state index is 9.17. The largest absolute Gasteiger partial charge is 0.493 e. The molecule has 1 aromatic carbocycles. The number of aliphatic hydroxyl groups is 1. The van der Waals surface area contributed by atoms with Crippen LogP contribution in [0.3, 0.4) is 0 Å². The molecular formula is C13H19NO2S. The van der Waals surface area contributed by atoms with Gasteiger partial charge in [-0.1, -0.05) is 12.2 Å². The van der Waals surface area contributed by atoms with Gasteiger partial charge in [0.05, 0.1) is 12.7 Å². The summed E-state index contributed by atoms with van der Waals surface area (Å²) in [5.74, 6) is 0.852. The molecule has 0 aliphatic carbocycles. The van der Waals surface area contributed by atoms with Crippen LogP contribution in [0.25, 0.3) is 0 Å². The van der Waals surface area contributed by atoms with Crippen molar-refractivity contribution >= 4 is 17.2 Å². The van der Waals surface area contributed by atoms with Crippen molar-refractivity contribution in [1.29, 1.82) is 0 Å². The first kappa shape index (κ1) is 13.9. The van der Waals surface area contributed by atoms with E-state index in [1.807, 2.05) is 26.0 Å². The third-order valence-corrected chi connectivity index (χ3v) is 2.76. The zero-order valence-corrected chi connectivity index (χ0v) is 11.3. The van der Waals surface area contributed by atoms with Crippen molar-refractivity contribution in [3.63, 3.8) is 0 Å². The molecule has 0 aliphatic heterocycles. The molecule has 3 nitrogen and oxygen atoms in total. The average Bonchev–Trinajstić information content (AvgIpc) is 2.21. The molecule has 94 valence electrons. The number of aryl methyl sites for hydroxylation is 2. The molecule has 0 aliphatic rings. The Hall–Kier alpha value is -1.13. The standard InChI is InChI=1S/C13H19NO2S/c1-8-6-11(13(14)17)7-9(2)12(8)16-5-4-10(3)15/h6-7,10,15H,4-5H2,1-3H3,(H2,14,17). The molecule has 0 amide bonds. The first-order valence-corrected chi connectivity index (χ1v) is 6.04. The summed E-state index contributed by atoms with van der Waals surface area (Å²) in [4.78, 5) is 0.395. The molecule has 17 heavy (non-hydrogen) atoms. The van der Waals surface area contributed by atoms with Gasteiger partial charge < -0.3 is 15.6 Å². The molecule has 0 saturated carbocycles. The first-order valence-electron chi connectivity index (χ1n) is 5.63. The highest BCUT2D eigenvalue weighted by molar-refractivity contribution is 7.80. The lowest BCUT2D eigenvalue weighted by atomic mass is 10.1. The minimum atomic E-state index is -0.341. The third kappa shape index (κ3) is 3.98. The normalized spacial score (nSPS) is 12.2. The minimum Gasteiger partial charge on any atom is -0.493 e. The van der Waals surface area contributed by atoms with Gasteiger partial charge in [-0.25, -0.2) is 0 Å². The van der Waals surface area contributed by atoms with Gasteiger partial charge in [0.15, 0.2) is 0 Å². The van der Waals surface area contributed by atoms with Gasteiger partial charge in [0, 0.05) is 12.0 Å². The number of thiocarbonyl (C=S) groups is 1. The van der Waals surface area contributed by atoms with Crippen LogP contribution >= 0.6 is 12.2 Å². The van der Waals surface area contributed by atoms with Crippen molar-refractivity contribution in [3.8, 4) is 5.75 Å². The second-order valence-corrected chi connectivity index (χ2v) is 4.73. The van der Waals surface area contributed by atoms with Crippen molar-refractivity contribution < 1.29 is 9.84 Å². The molecule has 0 radical (unpaired) electrons. The van der Waals surface area contributed by atoms with Crippen LogP contribution in [0.2, 0.25) is 0 Å². The number of rotatable bonds is 5. The van der Waals surface area contributed by atoms with Gasteiger partial charge in [-0.3, -0.25) is 0 Å². The summed E-state index contributed by atoms with van der Waals surface area (Å²) in [6.07, 6.45) is 0.280. The van der Waals surface area contributed by atoms with Gasteiger partial charge in [-0.05, 0) is 44.0 Å². The molecule has 0 aromatic heterocycles. The van der Waals surface area contributed by atoms with Crippen LogP contribution in [-0.2, 0) is 0 Å². The Morgan fingerprint density at radius 2 is 1.94 bits per heavy atom. The van der Waals surface area contributed by atoms with Gasteiger partial charge in [0.25, 0.3) is 0 Å². The topological polar surface area (TPSA) is 55.5 Å². The Morgan fingerprint density at radius 3 is 2.35 bits per heavy atom. The maximum Gasteiger partial charge on any atom is 0.125 e. The summed E-state index contributed by atoms with van der Waals surface area (Å²) in [5, 5.41) is 9.17.